The molecule has 0 spiro atoms. The molecule has 2 rings (SSSR count). The molecular formula is C10H12O2. The number of aryl methyl sites for hydroxylation is 1. The molecule has 0 N–H and O–H groups in total. The molecule has 1 aliphatic heterocycles. The van der Waals surface area contributed by atoms with Crippen LogP contribution in [0.5, 0.6) is 5.75 Å². The van der Waals surface area contributed by atoms with E-state index in [1.54, 1.807) is 0 Å². The Morgan fingerprint density at radius 3 is 3.17 bits per heavy atom. The van der Waals surface area contributed by atoms with Crippen LogP contribution < -0.4 is 4.74 Å². The summed E-state index contributed by atoms with van der Waals surface area (Å²) in [6, 6.07) is 6.15. The van der Waals surface area contributed by atoms with Crippen molar-refractivity contribution in [1.82, 2.24) is 0 Å². The van der Waals surface area contributed by atoms with Crippen LogP contribution in [0, 0.1) is 0 Å². The summed E-state index contributed by atoms with van der Waals surface area (Å²) in [5.74, 6) is 0.987. The Balaban J connectivity index is 2.44. The summed E-state index contributed by atoms with van der Waals surface area (Å²) in [5, 5.41) is 0. The average Bonchev–Trinajstić information content (AvgIpc) is 2.17. The molecule has 0 unspecified atom stereocenters. The second kappa shape index (κ2) is 3.15. The Labute approximate surface area is 72.1 Å². The van der Waals surface area contributed by atoms with Crippen LogP contribution in [-0.4, -0.2) is 6.79 Å². The predicted molar refractivity (Wildman–Crippen MR) is 46.1 cm³/mol. The monoisotopic (exact) mass is 164 g/mol. The van der Waals surface area contributed by atoms with Gasteiger partial charge in [0.25, 0.3) is 0 Å². The lowest BCUT2D eigenvalue weighted by Gasteiger charge is -2.19. The minimum atomic E-state index is 0.389. The maximum Gasteiger partial charge on any atom is 0.189 e. The van der Waals surface area contributed by atoms with E-state index in [0.717, 1.165) is 12.2 Å². The molecule has 0 saturated heterocycles. The fraction of sp³-hybridized carbons (Fsp3) is 0.400. The third-order valence-corrected chi connectivity index (χ3v) is 2.16. The third-order valence-electron chi connectivity index (χ3n) is 2.16. The zero-order valence-electron chi connectivity index (χ0n) is 7.17. The second-order valence-electron chi connectivity index (χ2n) is 2.86. The van der Waals surface area contributed by atoms with Crippen molar-refractivity contribution in [3.63, 3.8) is 0 Å². The van der Waals surface area contributed by atoms with Crippen molar-refractivity contribution in [3.05, 3.63) is 29.3 Å². The first-order valence-electron chi connectivity index (χ1n) is 4.23. The summed E-state index contributed by atoms with van der Waals surface area (Å²) < 4.78 is 10.6. The second-order valence-corrected chi connectivity index (χ2v) is 2.86. The van der Waals surface area contributed by atoms with Gasteiger partial charge in [0.15, 0.2) is 6.79 Å². The van der Waals surface area contributed by atoms with E-state index in [-0.39, 0.29) is 0 Å². The molecule has 0 saturated carbocycles. The predicted octanol–water partition coefficient (Wildman–Crippen LogP) is 2.12. The third kappa shape index (κ3) is 1.18. The maximum atomic E-state index is 5.34. The Morgan fingerprint density at radius 1 is 1.42 bits per heavy atom. The number of fused-ring (bicyclic) bond motifs is 1. The van der Waals surface area contributed by atoms with Crippen LogP contribution >= 0.6 is 0 Å². The zero-order chi connectivity index (χ0) is 8.39. The highest BCUT2D eigenvalue weighted by atomic mass is 16.7. The van der Waals surface area contributed by atoms with Gasteiger partial charge in [-0.2, -0.15) is 0 Å². The SMILES string of the molecule is CCc1cccc2c1COCO2. The molecule has 12 heavy (non-hydrogen) atoms. The molecule has 64 valence electrons. The lowest BCUT2D eigenvalue weighted by atomic mass is 10.0. The van der Waals surface area contributed by atoms with Crippen molar-refractivity contribution in [2.45, 2.75) is 20.0 Å². The Morgan fingerprint density at radius 2 is 2.33 bits per heavy atom. The van der Waals surface area contributed by atoms with E-state index in [1.165, 1.54) is 11.1 Å². The first-order valence-corrected chi connectivity index (χ1v) is 4.23. The highest BCUT2D eigenvalue weighted by molar-refractivity contribution is 5.40. The lowest BCUT2D eigenvalue weighted by molar-refractivity contribution is -0.0168. The summed E-state index contributed by atoms with van der Waals surface area (Å²) in [7, 11) is 0. The van der Waals surface area contributed by atoms with Gasteiger partial charge in [0.2, 0.25) is 0 Å². The van der Waals surface area contributed by atoms with Gasteiger partial charge in [-0.05, 0) is 18.1 Å². The number of hydrogen-bond donors (Lipinski definition) is 0. The minimum absolute atomic E-state index is 0.389. The first kappa shape index (κ1) is 7.62. The fourth-order valence-electron chi connectivity index (χ4n) is 1.49. The van der Waals surface area contributed by atoms with Crippen molar-refractivity contribution >= 4 is 0 Å². The summed E-state index contributed by atoms with van der Waals surface area (Å²) >= 11 is 0. The molecule has 0 bridgehead atoms. The van der Waals surface area contributed by atoms with Crippen LogP contribution in [0.25, 0.3) is 0 Å². The van der Waals surface area contributed by atoms with E-state index in [1.807, 2.05) is 12.1 Å². The average molecular weight is 164 g/mol. The number of benzene rings is 1. The van der Waals surface area contributed by atoms with Gasteiger partial charge in [0.1, 0.15) is 5.75 Å². The molecule has 1 aliphatic rings. The van der Waals surface area contributed by atoms with Gasteiger partial charge >= 0.3 is 0 Å². The molecule has 0 atom stereocenters. The van der Waals surface area contributed by atoms with Crippen LogP contribution in [-0.2, 0) is 17.8 Å². The normalized spacial score (nSPS) is 15.1. The minimum Gasteiger partial charge on any atom is -0.467 e. The number of ether oxygens (including phenoxy) is 2. The summed E-state index contributed by atoms with van der Waals surface area (Å²) in [5.41, 5.74) is 2.54. The molecule has 0 radical (unpaired) electrons. The van der Waals surface area contributed by atoms with Crippen molar-refractivity contribution < 1.29 is 9.47 Å². The molecule has 0 amide bonds. The lowest BCUT2D eigenvalue weighted by Crippen LogP contribution is -2.12. The Hall–Kier alpha value is -1.02. The smallest absolute Gasteiger partial charge is 0.189 e. The molecule has 1 heterocycles. The van der Waals surface area contributed by atoms with Gasteiger partial charge in [-0.15, -0.1) is 0 Å². The van der Waals surface area contributed by atoms with Crippen LogP contribution in [0.3, 0.4) is 0 Å². The van der Waals surface area contributed by atoms with Gasteiger partial charge in [0.05, 0.1) is 6.61 Å². The summed E-state index contributed by atoms with van der Waals surface area (Å²) in [4.78, 5) is 0. The zero-order valence-corrected chi connectivity index (χ0v) is 7.17. The molecule has 2 heteroatoms. The summed E-state index contributed by atoms with van der Waals surface area (Å²) in [6.45, 7) is 3.23. The molecule has 2 nitrogen and oxygen atoms in total. The van der Waals surface area contributed by atoms with Crippen LogP contribution in [0.1, 0.15) is 18.1 Å². The number of rotatable bonds is 1. The van der Waals surface area contributed by atoms with E-state index in [0.29, 0.717) is 13.4 Å². The van der Waals surface area contributed by atoms with Gasteiger partial charge in [-0.3, -0.25) is 0 Å². The van der Waals surface area contributed by atoms with Crippen molar-refractivity contribution in [1.29, 1.82) is 0 Å². The molecule has 0 aliphatic carbocycles. The van der Waals surface area contributed by atoms with E-state index in [9.17, 15) is 0 Å². The Bertz CT molecular complexity index is 267. The van der Waals surface area contributed by atoms with Crippen molar-refractivity contribution in [3.8, 4) is 5.75 Å². The molecule has 0 aromatic heterocycles. The van der Waals surface area contributed by atoms with E-state index >= 15 is 0 Å². The Kier molecular flexibility index (Phi) is 2.00. The molecular weight excluding hydrogens is 152 g/mol. The standard InChI is InChI=1S/C10H12O2/c1-2-8-4-3-5-10-9(8)6-11-7-12-10/h3-5H,2,6-7H2,1H3. The van der Waals surface area contributed by atoms with Gasteiger partial charge < -0.3 is 9.47 Å². The quantitative estimate of drug-likeness (QED) is 0.633. The van der Waals surface area contributed by atoms with Crippen LogP contribution in [0.2, 0.25) is 0 Å². The van der Waals surface area contributed by atoms with E-state index in [2.05, 4.69) is 13.0 Å². The van der Waals surface area contributed by atoms with Crippen LogP contribution in [0.4, 0.5) is 0 Å². The van der Waals surface area contributed by atoms with E-state index in [4.69, 9.17) is 9.47 Å². The molecule has 0 fully saturated rings. The maximum absolute atomic E-state index is 5.34. The van der Waals surface area contributed by atoms with Crippen LogP contribution in [0.15, 0.2) is 18.2 Å². The summed E-state index contributed by atoms with van der Waals surface area (Å²) in [6.07, 6.45) is 1.04. The largest absolute Gasteiger partial charge is 0.467 e. The topological polar surface area (TPSA) is 18.5 Å². The van der Waals surface area contributed by atoms with Crippen molar-refractivity contribution in [2.75, 3.05) is 6.79 Å². The van der Waals surface area contributed by atoms with Gasteiger partial charge in [0, 0.05) is 5.56 Å². The molecule has 1 aromatic rings. The van der Waals surface area contributed by atoms with E-state index < -0.39 is 0 Å². The highest BCUT2D eigenvalue weighted by Gasteiger charge is 2.12. The van der Waals surface area contributed by atoms with Gasteiger partial charge in [-0.25, -0.2) is 0 Å². The number of hydrogen-bond acceptors (Lipinski definition) is 2. The van der Waals surface area contributed by atoms with Gasteiger partial charge in [-0.1, -0.05) is 19.1 Å². The fourth-order valence-corrected chi connectivity index (χ4v) is 1.49. The highest BCUT2D eigenvalue weighted by Crippen LogP contribution is 2.26. The van der Waals surface area contributed by atoms with Crippen molar-refractivity contribution in [2.24, 2.45) is 0 Å². The molecule has 1 aromatic carbocycles. The first-order chi connectivity index (χ1) is 5.92.